The molecule has 6 heteroatoms. The van der Waals surface area contributed by atoms with Crippen molar-refractivity contribution in [1.29, 1.82) is 0 Å². The van der Waals surface area contributed by atoms with Gasteiger partial charge in [-0.15, -0.1) is 0 Å². The lowest BCUT2D eigenvalue weighted by Crippen LogP contribution is -2.51. The van der Waals surface area contributed by atoms with Crippen LogP contribution >= 0.6 is 22.6 Å². The Morgan fingerprint density at radius 3 is 2.68 bits per heavy atom. The van der Waals surface area contributed by atoms with Gasteiger partial charge in [0.15, 0.2) is 18.4 Å². The molecule has 19 heavy (non-hydrogen) atoms. The predicted molar refractivity (Wildman–Crippen MR) is 74.8 cm³/mol. The molecule has 0 fully saturated rings. The number of ketones is 1. The van der Waals surface area contributed by atoms with E-state index >= 15 is 0 Å². The lowest BCUT2D eigenvalue weighted by molar-refractivity contribution is -0.143. The van der Waals surface area contributed by atoms with Crippen LogP contribution in [0.1, 0.15) is 20.7 Å². The number of esters is 1. The van der Waals surface area contributed by atoms with Crippen LogP contribution in [0.25, 0.3) is 0 Å². The van der Waals surface area contributed by atoms with Crippen LogP contribution in [0.5, 0.6) is 0 Å². The normalized spacial score (nSPS) is 16.8. The van der Waals surface area contributed by atoms with Crippen LogP contribution in [-0.4, -0.2) is 30.3 Å². The Hall–Kier alpha value is -1.88. The zero-order valence-corrected chi connectivity index (χ0v) is 11.8. The number of benzene rings is 1. The number of rotatable bonds is 2. The van der Waals surface area contributed by atoms with Crippen LogP contribution in [0.3, 0.4) is 0 Å². The summed E-state index contributed by atoms with van der Waals surface area (Å²) >= 11 is 1.81. The fourth-order valence-corrected chi connectivity index (χ4v) is 1.87. The Morgan fingerprint density at radius 2 is 2.00 bits per heavy atom. The topological polar surface area (TPSA) is 72.5 Å². The van der Waals surface area contributed by atoms with Crippen LogP contribution < -0.4 is 5.32 Å². The molecule has 0 bridgehead atoms. The highest BCUT2D eigenvalue weighted by Crippen LogP contribution is 2.17. The number of hydrogen-bond donors (Lipinski definition) is 1. The van der Waals surface area contributed by atoms with E-state index in [-0.39, 0.29) is 17.7 Å². The molecule has 1 amide bonds. The summed E-state index contributed by atoms with van der Waals surface area (Å²) in [5.41, 5.74) is 0.497. The van der Waals surface area contributed by atoms with E-state index in [4.69, 9.17) is 4.74 Å². The summed E-state index contributed by atoms with van der Waals surface area (Å²) in [6, 6.07) is 5.05. The predicted octanol–water partition coefficient (Wildman–Crippen LogP) is 0.920. The maximum Gasteiger partial charge on any atom is 0.337 e. The van der Waals surface area contributed by atoms with Crippen LogP contribution in [0.15, 0.2) is 24.3 Å². The molecule has 0 aliphatic carbocycles. The van der Waals surface area contributed by atoms with E-state index in [0.29, 0.717) is 0 Å². The van der Waals surface area contributed by atoms with Crippen LogP contribution in [0, 0.1) is 9.85 Å². The zero-order valence-electron chi connectivity index (χ0n) is 9.60. The Labute approximate surface area is 122 Å². The monoisotopic (exact) mass is 369 g/mol. The molecule has 0 aromatic heterocycles. The lowest BCUT2D eigenvalue weighted by atomic mass is 9.94. The van der Waals surface area contributed by atoms with Crippen molar-refractivity contribution in [3.63, 3.8) is 0 Å². The molecule has 1 aromatic carbocycles. The Morgan fingerprint density at radius 1 is 1.32 bits per heavy atom. The molecule has 0 saturated carbocycles. The summed E-state index contributed by atoms with van der Waals surface area (Å²) in [6.45, 7) is -0.108. The van der Waals surface area contributed by atoms with E-state index in [2.05, 4.69) is 15.2 Å². The van der Waals surface area contributed by atoms with Crippen LogP contribution in [0.2, 0.25) is 0 Å². The van der Waals surface area contributed by atoms with Gasteiger partial charge in [-0.2, -0.15) is 0 Å². The van der Waals surface area contributed by atoms with Gasteiger partial charge in [-0.05, 0) is 9.99 Å². The Bertz CT molecular complexity index is 615. The van der Waals surface area contributed by atoms with E-state index in [9.17, 15) is 14.4 Å². The average molecular weight is 369 g/mol. The molecule has 0 radical (unpaired) electrons. The first-order chi connectivity index (χ1) is 9.15. The standard InChI is InChI=1S/C13H8INO4/c14-6-3-7-19-13(18)10-11(16)8-4-1-2-5-9(8)12(17)15-10/h1-2,4-5,10H,7H2,(H,15,17). The number of ether oxygens (including phenoxy) is 1. The summed E-state index contributed by atoms with van der Waals surface area (Å²) in [5, 5.41) is 2.34. The molecular weight excluding hydrogens is 361 g/mol. The zero-order chi connectivity index (χ0) is 13.8. The molecule has 0 spiro atoms. The SMILES string of the molecule is O=C1NC(C(=O)OCC#CI)C(=O)c2ccccc21. The number of carbonyl (C=O) groups is 3. The molecule has 1 atom stereocenters. The average Bonchev–Trinajstić information content (AvgIpc) is 2.43. The highest BCUT2D eigenvalue weighted by molar-refractivity contribution is 14.1. The Balaban J connectivity index is 2.21. The molecular formula is C13H8INO4. The van der Waals surface area contributed by atoms with E-state index < -0.39 is 23.7 Å². The fraction of sp³-hybridized carbons (Fsp3) is 0.154. The van der Waals surface area contributed by atoms with Crippen molar-refractivity contribution >= 4 is 40.3 Å². The van der Waals surface area contributed by atoms with Crippen molar-refractivity contribution < 1.29 is 19.1 Å². The third kappa shape index (κ3) is 2.76. The lowest BCUT2D eigenvalue weighted by Gasteiger charge is -2.22. The van der Waals surface area contributed by atoms with Gasteiger partial charge in [-0.1, -0.05) is 24.1 Å². The first-order valence-corrected chi connectivity index (χ1v) is 6.42. The fourth-order valence-electron chi connectivity index (χ4n) is 1.71. The first-order valence-electron chi connectivity index (χ1n) is 5.34. The number of hydrogen-bond acceptors (Lipinski definition) is 4. The summed E-state index contributed by atoms with van der Waals surface area (Å²) in [6.07, 6.45) is 0. The van der Waals surface area contributed by atoms with Crippen molar-refractivity contribution in [3.05, 3.63) is 35.4 Å². The van der Waals surface area contributed by atoms with E-state index in [1.165, 1.54) is 12.1 Å². The second-order valence-corrected chi connectivity index (χ2v) is 4.23. The van der Waals surface area contributed by atoms with Gasteiger partial charge in [0.25, 0.3) is 5.91 Å². The van der Waals surface area contributed by atoms with E-state index in [1.807, 2.05) is 22.6 Å². The second kappa shape index (κ2) is 5.84. The molecule has 1 heterocycles. The van der Waals surface area contributed by atoms with Gasteiger partial charge >= 0.3 is 5.97 Å². The largest absolute Gasteiger partial charge is 0.451 e. The van der Waals surface area contributed by atoms with Crippen molar-refractivity contribution in [1.82, 2.24) is 5.32 Å². The third-order valence-electron chi connectivity index (χ3n) is 2.56. The molecule has 0 saturated heterocycles. The van der Waals surface area contributed by atoms with Crippen molar-refractivity contribution in [3.8, 4) is 9.85 Å². The summed E-state index contributed by atoms with van der Waals surface area (Å²) in [4.78, 5) is 35.6. The van der Waals surface area contributed by atoms with Gasteiger partial charge < -0.3 is 10.1 Å². The van der Waals surface area contributed by atoms with Crippen molar-refractivity contribution in [2.75, 3.05) is 6.61 Å². The van der Waals surface area contributed by atoms with Gasteiger partial charge in [-0.25, -0.2) is 4.79 Å². The number of fused-ring (bicyclic) bond motifs is 1. The molecule has 5 nitrogen and oxygen atoms in total. The smallest absolute Gasteiger partial charge is 0.337 e. The van der Waals surface area contributed by atoms with Gasteiger partial charge in [0.1, 0.15) is 0 Å². The van der Waals surface area contributed by atoms with Crippen LogP contribution in [0.4, 0.5) is 0 Å². The van der Waals surface area contributed by atoms with Gasteiger partial charge in [-0.3, -0.25) is 9.59 Å². The summed E-state index contributed by atoms with van der Waals surface area (Å²) in [7, 11) is 0. The maximum absolute atomic E-state index is 12.1. The minimum absolute atomic E-state index is 0.108. The molecule has 1 N–H and O–H groups in total. The number of amides is 1. The highest BCUT2D eigenvalue weighted by Gasteiger charge is 2.37. The van der Waals surface area contributed by atoms with Gasteiger partial charge in [0, 0.05) is 28.2 Å². The number of carbonyl (C=O) groups excluding carboxylic acids is 3. The molecule has 1 aromatic rings. The number of nitrogens with one attached hydrogen (secondary N) is 1. The van der Waals surface area contributed by atoms with Crippen molar-refractivity contribution in [2.45, 2.75) is 6.04 Å². The van der Waals surface area contributed by atoms with Crippen molar-refractivity contribution in [2.24, 2.45) is 0 Å². The third-order valence-corrected chi connectivity index (χ3v) is 2.95. The molecule has 1 aliphatic rings. The van der Waals surface area contributed by atoms with Gasteiger partial charge in [0.05, 0.1) is 5.56 Å². The summed E-state index contributed by atoms with van der Waals surface area (Å²) < 4.78 is 7.33. The minimum atomic E-state index is -1.29. The first kappa shape index (κ1) is 13.5. The molecule has 96 valence electrons. The Kier molecular flexibility index (Phi) is 4.16. The quantitative estimate of drug-likeness (QED) is 0.364. The summed E-state index contributed by atoms with van der Waals surface area (Å²) in [5.74, 6) is 0.803. The second-order valence-electron chi connectivity index (χ2n) is 3.70. The van der Waals surface area contributed by atoms with Gasteiger partial charge in [0.2, 0.25) is 0 Å². The molecule has 2 rings (SSSR count). The molecule has 1 aliphatic heterocycles. The minimum Gasteiger partial charge on any atom is -0.451 e. The number of halogens is 1. The molecule has 1 unspecified atom stereocenters. The van der Waals surface area contributed by atoms with E-state index in [1.54, 1.807) is 12.1 Å². The number of Topliss-reactive ketones (excluding diaryl/α,β-unsaturated/α-hetero) is 1. The van der Waals surface area contributed by atoms with Crippen LogP contribution in [-0.2, 0) is 9.53 Å². The maximum atomic E-state index is 12.1. The van der Waals surface area contributed by atoms with E-state index in [0.717, 1.165) is 0 Å². The highest BCUT2D eigenvalue weighted by atomic mass is 127.